The van der Waals surface area contributed by atoms with Gasteiger partial charge >= 0.3 is 12.6 Å². The molecular formula is C18H14F2N2O4. The van der Waals surface area contributed by atoms with E-state index in [4.69, 9.17) is 4.74 Å². The Hall–Kier alpha value is -3.42. The number of hydrogen-bond donors (Lipinski definition) is 2. The lowest BCUT2D eigenvalue weighted by atomic mass is 10.2. The quantitative estimate of drug-likeness (QED) is 0.693. The van der Waals surface area contributed by atoms with E-state index >= 15 is 0 Å². The Morgan fingerprint density at radius 2 is 2.04 bits per heavy atom. The number of fused-ring (bicyclic) bond motifs is 1. The molecule has 0 radical (unpaired) electrons. The molecule has 3 rings (SSSR count). The first-order valence-electron chi connectivity index (χ1n) is 7.51. The molecule has 0 spiro atoms. The monoisotopic (exact) mass is 360 g/mol. The van der Waals surface area contributed by atoms with Crippen LogP contribution in [0.4, 0.5) is 8.78 Å². The summed E-state index contributed by atoms with van der Waals surface area (Å²) in [6.45, 7) is -2.94. The van der Waals surface area contributed by atoms with E-state index in [1.807, 2.05) is 0 Å². The normalized spacial score (nSPS) is 11.4. The molecule has 8 heteroatoms. The average molecular weight is 360 g/mol. The van der Waals surface area contributed by atoms with Crippen molar-refractivity contribution in [2.24, 2.45) is 0 Å². The van der Waals surface area contributed by atoms with Crippen molar-refractivity contribution in [2.75, 3.05) is 7.11 Å². The third-order valence-corrected chi connectivity index (χ3v) is 3.60. The molecule has 1 aromatic heterocycles. The van der Waals surface area contributed by atoms with E-state index < -0.39 is 12.6 Å². The second-order valence-corrected chi connectivity index (χ2v) is 5.25. The maximum absolute atomic E-state index is 12.4. The number of imidazole rings is 1. The van der Waals surface area contributed by atoms with Crippen LogP contribution in [0.2, 0.25) is 0 Å². The fourth-order valence-corrected chi connectivity index (χ4v) is 2.46. The molecule has 0 atom stereocenters. The molecule has 0 bridgehead atoms. The number of aromatic amines is 1. The highest BCUT2D eigenvalue weighted by molar-refractivity contribution is 6.01. The molecule has 0 fully saturated rings. The molecule has 134 valence electrons. The first-order valence-corrected chi connectivity index (χ1v) is 7.51. The summed E-state index contributed by atoms with van der Waals surface area (Å²) in [6, 6.07) is 9.34. The van der Waals surface area contributed by atoms with E-state index in [1.165, 1.54) is 19.2 Å². The topological polar surface area (TPSA) is 84.4 Å². The minimum atomic E-state index is -2.94. The number of carboxylic acid groups (broad SMARTS) is 1. The summed E-state index contributed by atoms with van der Waals surface area (Å²) in [7, 11) is 1.35. The van der Waals surface area contributed by atoms with Crippen LogP contribution < -0.4 is 9.47 Å². The van der Waals surface area contributed by atoms with Gasteiger partial charge < -0.3 is 19.6 Å². The zero-order valence-corrected chi connectivity index (χ0v) is 13.6. The lowest BCUT2D eigenvalue weighted by Gasteiger charge is -2.10. The first-order chi connectivity index (χ1) is 12.5. The fourth-order valence-electron chi connectivity index (χ4n) is 2.46. The van der Waals surface area contributed by atoms with Gasteiger partial charge in [-0.1, -0.05) is 18.2 Å². The third kappa shape index (κ3) is 3.64. The highest BCUT2D eigenvalue weighted by atomic mass is 19.3. The summed E-state index contributed by atoms with van der Waals surface area (Å²) >= 11 is 0. The number of halogens is 2. The maximum atomic E-state index is 12.4. The zero-order chi connectivity index (χ0) is 18.7. The largest absolute Gasteiger partial charge is 0.493 e. The van der Waals surface area contributed by atoms with E-state index in [1.54, 1.807) is 36.4 Å². The van der Waals surface area contributed by atoms with Crippen molar-refractivity contribution in [2.45, 2.75) is 6.61 Å². The summed E-state index contributed by atoms with van der Waals surface area (Å²) in [5.41, 5.74) is 1.73. The van der Waals surface area contributed by atoms with Crippen molar-refractivity contribution in [3.05, 3.63) is 53.3 Å². The lowest BCUT2D eigenvalue weighted by Crippen LogP contribution is -2.03. The number of H-pyrrole nitrogens is 1. The molecule has 26 heavy (non-hydrogen) atoms. The second-order valence-electron chi connectivity index (χ2n) is 5.25. The minimum absolute atomic E-state index is 0.0607. The van der Waals surface area contributed by atoms with Crippen molar-refractivity contribution >= 4 is 29.2 Å². The van der Waals surface area contributed by atoms with Gasteiger partial charge in [-0.15, -0.1) is 0 Å². The number of nitrogens with one attached hydrogen (secondary N) is 1. The van der Waals surface area contributed by atoms with Crippen LogP contribution >= 0.6 is 0 Å². The summed E-state index contributed by atoms with van der Waals surface area (Å²) in [4.78, 5) is 18.5. The second kappa shape index (κ2) is 7.22. The fraction of sp³-hybridized carbons (Fsp3) is 0.111. The Morgan fingerprint density at radius 1 is 1.23 bits per heavy atom. The Labute approximate surface area is 146 Å². The van der Waals surface area contributed by atoms with Crippen LogP contribution in [0, 0.1) is 0 Å². The van der Waals surface area contributed by atoms with Crippen LogP contribution in [0.3, 0.4) is 0 Å². The number of methoxy groups -OCH3 is 1. The number of carboxylic acids is 1. The number of carbonyl (C=O) groups is 1. The molecule has 6 nitrogen and oxygen atoms in total. The molecule has 0 aliphatic rings. The van der Waals surface area contributed by atoms with Gasteiger partial charge in [-0.2, -0.15) is 8.78 Å². The van der Waals surface area contributed by atoms with Crippen molar-refractivity contribution in [1.29, 1.82) is 0 Å². The maximum Gasteiger partial charge on any atom is 0.387 e. The van der Waals surface area contributed by atoms with Gasteiger partial charge in [0.1, 0.15) is 11.3 Å². The predicted molar refractivity (Wildman–Crippen MR) is 91.6 cm³/mol. The zero-order valence-electron chi connectivity index (χ0n) is 13.6. The number of benzene rings is 2. The van der Waals surface area contributed by atoms with Crippen molar-refractivity contribution in [3.8, 4) is 11.5 Å². The van der Waals surface area contributed by atoms with Gasteiger partial charge in [0.2, 0.25) is 0 Å². The summed E-state index contributed by atoms with van der Waals surface area (Å²) in [5, 5.41) is 9.20. The molecular weight excluding hydrogens is 346 g/mol. The Balaban J connectivity index is 1.89. The van der Waals surface area contributed by atoms with Crippen LogP contribution in [0.25, 0.3) is 23.2 Å². The third-order valence-electron chi connectivity index (χ3n) is 3.60. The van der Waals surface area contributed by atoms with Gasteiger partial charge in [0.25, 0.3) is 0 Å². The van der Waals surface area contributed by atoms with Crippen molar-refractivity contribution < 1.29 is 28.2 Å². The van der Waals surface area contributed by atoms with Gasteiger partial charge in [-0.25, -0.2) is 9.78 Å². The minimum Gasteiger partial charge on any atom is -0.493 e. The van der Waals surface area contributed by atoms with Crippen LogP contribution in [0.5, 0.6) is 11.5 Å². The number of aromatic carboxylic acids is 1. The van der Waals surface area contributed by atoms with Crippen molar-refractivity contribution in [1.82, 2.24) is 9.97 Å². The van der Waals surface area contributed by atoms with Crippen molar-refractivity contribution in [3.63, 3.8) is 0 Å². The molecule has 2 N–H and O–H groups in total. The van der Waals surface area contributed by atoms with E-state index in [9.17, 15) is 18.7 Å². The van der Waals surface area contributed by atoms with E-state index in [-0.39, 0.29) is 17.1 Å². The van der Waals surface area contributed by atoms with Gasteiger partial charge in [0.05, 0.1) is 18.2 Å². The molecule has 0 amide bonds. The lowest BCUT2D eigenvalue weighted by molar-refractivity contribution is -0.0512. The summed E-state index contributed by atoms with van der Waals surface area (Å²) < 4.78 is 34.1. The summed E-state index contributed by atoms with van der Waals surface area (Å²) in [5.74, 6) is -0.489. The molecule has 0 aliphatic heterocycles. The number of rotatable bonds is 6. The number of alkyl halides is 2. The van der Waals surface area contributed by atoms with Gasteiger partial charge in [0, 0.05) is 0 Å². The van der Waals surface area contributed by atoms with Crippen LogP contribution in [0.15, 0.2) is 36.4 Å². The van der Waals surface area contributed by atoms with E-state index in [0.29, 0.717) is 22.4 Å². The van der Waals surface area contributed by atoms with Gasteiger partial charge in [-0.05, 0) is 35.9 Å². The smallest absolute Gasteiger partial charge is 0.387 e. The molecule has 0 saturated carbocycles. The Kier molecular flexibility index (Phi) is 4.83. The van der Waals surface area contributed by atoms with Gasteiger partial charge in [-0.3, -0.25) is 0 Å². The predicted octanol–water partition coefficient (Wildman–Crippen LogP) is 4.04. The average Bonchev–Trinajstić information content (AvgIpc) is 3.03. The van der Waals surface area contributed by atoms with Crippen LogP contribution in [0.1, 0.15) is 21.7 Å². The molecule has 1 heterocycles. The summed E-state index contributed by atoms with van der Waals surface area (Å²) in [6.07, 6.45) is 3.33. The SMILES string of the molecule is COc1cc(/C=C/c2nc3c(C(=O)O)cccc3[nH]2)ccc1OC(F)F. The van der Waals surface area contributed by atoms with E-state index in [2.05, 4.69) is 14.7 Å². The number of nitrogens with zero attached hydrogens (tertiary/aromatic N) is 1. The van der Waals surface area contributed by atoms with Gasteiger partial charge in [0.15, 0.2) is 11.5 Å². The standard InChI is InChI=1S/C18H14F2N2O4/c1-25-14-9-10(5-7-13(14)26-18(19)20)6-8-15-21-12-4-2-3-11(17(23)24)16(12)22-15/h2-9,18H,1H3,(H,21,22)(H,23,24)/b8-6+. The van der Waals surface area contributed by atoms with Crippen LogP contribution in [-0.4, -0.2) is 34.8 Å². The highest BCUT2D eigenvalue weighted by Gasteiger charge is 2.12. The number of para-hydroxylation sites is 1. The Morgan fingerprint density at radius 3 is 2.73 bits per heavy atom. The molecule has 3 aromatic rings. The molecule has 0 aliphatic carbocycles. The van der Waals surface area contributed by atoms with Crippen LogP contribution in [-0.2, 0) is 0 Å². The number of hydrogen-bond acceptors (Lipinski definition) is 4. The first kappa shape index (κ1) is 17.4. The Bertz CT molecular complexity index is 982. The molecule has 0 saturated heterocycles. The number of aromatic nitrogens is 2. The number of ether oxygens (including phenoxy) is 2. The van der Waals surface area contributed by atoms with E-state index in [0.717, 1.165) is 0 Å². The molecule has 0 unspecified atom stereocenters. The molecule has 2 aromatic carbocycles. The highest BCUT2D eigenvalue weighted by Crippen LogP contribution is 2.30.